The number of aryl methyl sites for hydroxylation is 2. The Morgan fingerprint density at radius 1 is 1.07 bits per heavy atom. The number of ether oxygens (including phenoxy) is 1. The normalized spacial score (nSPS) is 15.2. The van der Waals surface area contributed by atoms with Crippen molar-refractivity contribution < 1.29 is 22.7 Å². The number of carbonyl (C=O) groups excluding carboxylic acids is 1. The highest BCUT2D eigenvalue weighted by Gasteiger charge is 2.31. The summed E-state index contributed by atoms with van der Waals surface area (Å²) in [5.74, 6) is 1.21. The number of aliphatic imine (C=N–C) groups is 1. The van der Waals surface area contributed by atoms with E-state index in [-0.39, 0.29) is 17.6 Å². The van der Waals surface area contributed by atoms with E-state index in [1.54, 1.807) is 11.8 Å². The summed E-state index contributed by atoms with van der Waals surface area (Å²) in [5.41, 5.74) is 4.91. The highest BCUT2D eigenvalue weighted by molar-refractivity contribution is 8.14. The van der Waals surface area contributed by atoms with Crippen LogP contribution in [-0.4, -0.2) is 44.5 Å². The molecule has 1 amide bonds. The molecule has 1 aliphatic rings. The smallest absolute Gasteiger partial charge is 0.406 e. The van der Waals surface area contributed by atoms with Crippen LogP contribution in [-0.2, 0) is 17.6 Å². The minimum Gasteiger partial charge on any atom is -0.406 e. The van der Waals surface area contributed by atoms with Crippen molar-refractivity contribution in [2.24, 2.45) is 10.9 Å². The largest absolute Gasteiger partial charge is 0.573 e. The predicted molar refractivity (Wildman–Crippen MR) is 164 cm³/mol. The molecule has 1 unspecified atom stereocenters. The fraction of sp³-hybridized carbons (Fsp3) is 0.312. The molecule has 0 bridgehead atoms. The number of halogens is 3. The summed E-state index contributed by atoms with van der Waals surface area (Å²) in [6.07, 6.45) is -0.224. The summed E-state index contributed by atoms with van der Waals surface area (Å²) >= 11 is 1.63. The molecular formula is C32H32F3N5O2S. The maximum Gasteiger partial charge on any atom is 0.573 e. The lowest BCUT2D eigenvalue weighted by Gasteiger charge is -2.21. The first kappa shape index (κ1) is 30.3. The van der Waals surface area contributed by atoms with Crippen molar-refractivity contribution in [1.29, 1.82) is 0 Å². The third-order valence-corrected chi connectivity index (χ3v) is 8.10. The Morgan fingerprint density at radius 3 is 2.53 bits per heavy atom. The molecule has 1 atom stereocenters. The van der Waals surface area contributed by atoms with E-state index in [1.807, 2.05) is 36.4 Å². The number of rotatable bonds is 10. The van der Waals surface area contributed by atoms with Crippen LogP contribution in [0.3, 0.4) is 0 Å². The number of amides is 1. The molecular weight excluding hydrogens is 575 g/mol. The first-order chi connectivity index (χ1) is 20.7. The van der Waals surface area contributed by atoms with Crippen molar-refractivity contribution in [3.05, 3.63) is 90.3 Å². The summed E-state index contributed by atoms with van der Waals surface area (Å²) < 4.78 is 42.6. The van der Waals surface area contributed by atoms with Crippen LogP contribution < -0.4 is 9.64 Å². The zero-order valence-corrected chi connectivity index (χ0v) is 24.7. The van der Waals surface area contributed by atoms with Crippen LogP contribution in [0.5, 0.6) is 5.75 Å². The summed E-state index contributed by atoms with van der Waals surface area (Å²) in [4.78, 5) is 23.8. The third kappa shape index (κ3) is 8.04. The molecule has 43 heavy (non-hydrogen) atoms. The summed E-state index contributed by atoms with van der Waals surface area (Å²) in [6.45, 7) is 5.07. The van der Waals surface area contributed by atoms with E-state index in [0.717, 1.165) is 53.5 Å². The van der Waals surface area contributed by atoms with Crippen LogP contribution in [0.4, 0.5) is 18.9 Å². The van der Waals surface area contributed by atoms with Gasteiger partial charge in [0.25, 0.3) is 0 Å². The lowest BCUT2D eigenvalue weighted by Crippen LogP contribution is -2.25. The van der Waals surface area contributed by atoms with Crippen LogP contribution in [0.15, 0.2) is 84.1 Å². The molecule has 1 aliphatic heterocycles. The number of alkyl halides is 3. The van der Waals surface area contributed by atoms with Crippen molar-refractivity contribution in [2.45, 2.75) is 45.9 Å². The van der Waals surface area contributed by atoms with E-state index in [2.05, 4.69) is 50.7 Å². The molecule has 224 valence electrons. The van der Waals surface area contributed by atoms with E-state index in [1.165, 1.54) is 40.8 Å². The first-order valence-electron chi connectivity index (χ1n) is 14.2. The number of benzene rings is 3. The van der Waals surface area contributed by atoms with E-state index in [0.29, 0.717) is 17.9 Å². The topological polar surface area (TPSA) is 72.6 Å². The highest BCUT2D eigenvalue weighted by Crippen LogP contribution is 2.29. The second-order valence-corrected chi connectivity index (χ2v) is 11.4. The fourth-order valence-electron chi connectivity index (χ4n) is 4.90. The molecule has 1 saturated heterocycles. The number of nitrogens with zero attached hydrogens (tertiary/aromatic N) is 5. The van der Waals surface area contributed by atoms with Gasteiger partial charge in [0.15, 0.2) is 11.0 Å². The highest BCUT2D eigenvalue weighted by atomic mass is 32.2. The number of anilines is 1. The molecule has 0 spiro atoms. The molecule has 0 radical (unpaired) electrons. The Balaban J connectivity index is 1.13. The SMILES string of the molecule is CCc1ccccc1N1CCSC1=NC(=O)CC(C)CCc1ccc(-c2ncn(-c3ccc(OC(F)(F)F)cc3)n2)cc1. The average molecular weight is 608 g/mol. The molecule has 1 aromatic heterocycles. The van der Waals surface area contributed by atoms with E-state index in [4.69, 9.17) is 0 Å². The van der Waals surface area contributed by atoms with Crippen molar-refractivity contribution >= 4 is 28.5 Å². The van der Waals surface area contributed by atoms with Gasteiger partial charge in [0, 0.05) is 30.0 Å². The van der Waals surface area contributed by atoms with Crippen LogP contribution in [0, 0.1) is 5.92 Å². The van der Waals surface area contributed by atoms with E-state index in [9.17, 15) is 18.0 Å². The zero-order valence-electron chi connectivity index (χ0n) is 23.9. The number of aromatic nitrogens is 3. The van der Waals surface area contributed by atoms with Crippen molar-refractivity contribution in [1.82, 2.24) is 14.8 Å². The summed E-state index contributed by atoms with van der Waals surface area (Å²) in [6, 6.07) is 21.6. The number of carbonyl (C=O) groups is 1. The number of thioether (sulfide) groups is 1. The van der Waals surface area contributed by atoms with Crippen molar-refractivity contribution in [2.75, 3.05) is 17.2 Å². The Hall–Kier alpha value is -4.12. The maximum atomic E-state index is 12.8. The number of amidine groups is 1. The van der Waals surface area contributed by atoms with Crippen molar-refractivity contribution in [3.8, 4) is 22.8 Å². The van der Waals surface area contributed by atoms with Gasteiger partial charge in [-0.25, -0.2) is 9.67 Å². The molecule has 0 saturated carbocycles. The Morgan fingerprint density at radius 2 is 1.81 bits per heavy atom. The van der Waals surface area contributed by atoms with Gasteiger partial charge >= 0.3 is 6.36 Å². The van der Waals surface area contributed by atoms with Gasteiger partial charge in [-0.3, -0.25) is 4.79 Å². The molecule has 1 fully saturated rings. The second-order valence-electron chi connectivity index (χ2n) is 10.4. The van der Waals surface area contributed by atoms with Gasteiger partial charge in [-0.1, -0.05) is 68.1 Å². The minimum absolute atomic E-state index is 0.0876. The van der Waals surface area contributed by atoms with Crippen LogP contribution in [0.1, 0.15) is 37.8 Å². The molecule has 3 aromatic carbocycles. The summed E-state index contributed by atoms with van der Waals surface area (Å²) in [7, 11) is 0. The van der Waals surface area contributed by atoms with Crippen LogP contribution in [0.2, 0.25) is 0 Å². The quantitative estimate of drug-likeness (QED) is 0.186. The number of hydrogen-bond donors (Lipinski definition) is 0. The molecule has 11 heteroatoms. The second kappa shape index (κ2) is 13.5. The van der Waals surface area contributed by atoms with Crippen LogP contribution >= 0.6 is 11.8 Å². The Kier molecular flexibility index (Phi) is 9.49. The lowest BCUT2D eigenvalue weighted by molar-refractivity contribution is -0.274. The van der Waals surface area contributed by atoms with Gasteiger partial charge in [0.05, 0.1) is 5.69 Å². The molecule has 0 N–H and O–H groups in total. The zero-order chi connectivity index (χ0) is 30.4. The Labute approximate surface area is 252 Å². The van der Waals surface area contributed by atoms with Gasteiger partial charge < -0.3 is 9.64 Å². The van der Waals surface area contributed by atoms with Gasteiger partial charge in [-0.2, -0.15) is 4.99 Å². The predicted octanol–water partition coefficient (Wildman–Crippen LogP) is 7.49. The number of hydrogen-bond acceptors (Lipinski definition) is 5. The molecule has 2 heterocycles. The molecule has 4 aromatic rings. The third-order valence-electron chi connectivity index (χ3n) is 7.15. The molecule has 5 rings (SSSR count). The maximum absolute atomic E-state index is 12.8. The van der Waals surface area contributed by atoms with Gasteiger partial charge in [-0.15, -0.1) is 18.3 Å². The fourth-order valence-corrected chi connectivity index (χ4v) is 5.87. The average Bonchev–Trinajstić information content (AvgIpc) is 3.66. The summed E-state index contributed by atoms with van der Waals surface area (Å²) in [5, 5.41) is 5.24. The van der Waals surface area contributed by atoms with E-state index >= 15 is 0 Å². The van der Waals surface area contributed by atoms with Crippen LogP contribution in [0.25, 0.3) is 17.1 Å². The van der Waals surface area contributed by atoms with Gasteiger partial charge in [0.1, 0.15) is 12.1 Å². The minimum atomic E-state index is -4.74. The molecule has 0 aliphatic carbocycles. The standard InChI is InChI=1S/C32H32F3N5O2S/c1-3-24-6-4-5-7-28(24)39-18-19-43-31(39)37-29(41)20-22(2)8-9-23-10-12-25(13-11-23)30-36-21-40(38-30)26-14-16-27(17-15-26)42-32(33,34)35/h4-7,10-17,21-22H,3,8-9,18-20H2,1-2H3. The number of para-hydroxylation sites is 1. The van der Waals surface area contributed by atoms with Gasteiger partial charge in [-0.05, 0) is 66.6 Å². The lowest BCUT2D eigenvalue weighted by atomic mass is 9.97. The molecule has 7 nitrogen and oxygen atoms in total. The van der Waals surface area contributed by atoms with Gasteiger partial charge in [0.2, 0.25) is 5.91 Å². The van der Waals surface area contributed by atoms with Crippen molar-refractivity contribution in [3.63, 3.8) is 0 Å². The monoisotopic (exact) mass is 607 g/mol. The first-order valence-corrected chi connectivity index (χ1v) is 15.1. The Bertz CT molecular complexity index is 1570. The van der Waals surface area contributed by atoms with E-state index < -0.39 is 6.36 Å².